The Morgan fingerprint density at radius 1 is 1.27 bits per heavy atom. The molecule has 0 fully saturated rings. The number of nitrogens with one attached hydrogen (secondary N) is 1. The summed E-state index contributed by atoms with van der Waals surface area (Å²) in [6.07, 6.45) is -0.546. The second-order valence-corrected chi connectivity index (χ2v) is 5.36. The molecule has 1 aromatic carbocycles. The number of anilines is 1. The first-order chi connectivity index (χ1) is 10.5. The Morgan fingerprint density at radius 2 is 1.95 bits per heavy atom. The summed E-state index contributed by atoms with van der Waals surface area (Å²) >= 11 is 5.91. The lowest BCUT2D eigenvalue weighted by Gasteiger charge is -2.14. The molecule has 0 bridgehead atoms. The monoisotopic (exact) mass is 320 g/mol. The van der Waals surface area contributed by atoms with Crippen LogP contribution in [-0.4, -0.2) is 41.8 Å². The average molecular weight is 321 g/mol. The quantitative estimate of drug-likeness (QED) is 0.885. The van der Waals surface area contributed by atoms with E-state index in [0.29, 0.717) is 23.9 Å². The maximum Gasteiger partial charge on any atom is 0.404 e. The zero-order valence-electron chi connectivity index (χ0n) is 12.4. The summed E-state index contributed by atoms with van der Waals surface area (Å²) in [4.78, 5) is 21.3. The zero-order valence-corrected chi connectivity index (χ0v) is 13.1. The maximum atomic E-state index is 10.5. The molecule has 2 N–H and O–H groups in total. The SMILES string of the molecule is CN(C)c1nc(CCNC(=O)O)cc(-c2ccc(Cl)cc2)n1. The molecule has 116 valence electrons. The van der Waals surface area contributed by atoms with Gasteiger partial charge in [0.25, 0.3) is 0 Å². The molecule has 0 spiro atoms. The summed E-state index contributed by atoms with van der Waals surface area (Å²) in [6.45, 7) is 0.305. The van der Waals surface area contributed by atoms with E-state index in [9.17, 15) is 4.79 Å². The molecule has 1 aromatic heterocycles. The molecule has 0 radical (unpaired) electrons. The predicted molar refractivity (Wildman–Crippen MR) is 86.5 cm³/mol. The third kappa shape index (κ3) is 4.33. The number of aromatic nitrogens is 2. The van der Waals surface area contributed by atoms with E-state index < -0.39 is 6.09 Å². The normalized spacial score (nSPS) is 10.3. The molecule has 1 amide bonds. The Kier molecular flexibility index (Phi) is 5.16. The van der Waals surface area contributed by atoms with Crippen LogP contribution >= 0.6 is 11.6 Å². The van der Waals surface area contributed by atoms with E-state index in [4.69, 9.17) is 16.7 Å². The van der Waals surface area contributed by atoms with Gasteiger partial charge in [-0.3, -0.25) is 0 Å². The molecule has 0 aliphatic carbocycles. The summed E-state index contributed by atoms with van der Waals surface area (Å²) in [5, 5.41) is 11.6. The third-order valence-corrected chi connectivity index (χ3v) is 3.22. The van der Waals surface area contributed by atoms with E-state index >= 15 is 0 Å². The fraction of sp³-hybridized carbons (Fsp3) is 0.267. The lowest BCUT2D eigenvalue weighted by molar-refractivity contribution is 0.194. The van der Waals surface area contributed by atoms with E-state index in [1.54, 1.807) is 12.1 Å². The van der Waals surface area contributed by atoms with Crippen LogP contribution in [0.2, 0.25) is 5.02 Å². The predicted octanol–water partition coefficient (Wildman–Crippen LogP) is 2.67. The minimum atomic E-state index is -1.04. The van der Waals surface area contributed by atoms with Gasteiger partial charge in [0, 0.05) is 43.3 Å². The zero-order chi connectivity index (χ0) is 16.1. The highest BCUT2D eigenvalue weighted by molar-refractivity contribution is 6.30. The van der Waals surface area contributed by atoms with Crippen LogP contribution in [0.3, 0.4) is 0 Å². The van der Waals surface area contributed by atoms with Crippen molar-refractivity contribution in [3.8, 4) is 11.3 Å². The van der Waals surface area contributed by atoms with Crippen molar-refractivity contribution in [3.63, 3.8) is 0 Å². The molecule has 0 aliphatic heterocycles. The van der Waals surface area contributed by atoms with Crippen LogP contribution in [-0.2, 0) is 6.42 Å². The van der Waals surface area contributed by atoms with Crippen molar-refractivity contribution in [3.05, 3.63) is 41.0 Å². The molecule has 7 heteroatoms. The van der Waals surface area contributed by atoms with E-state index in [2.05, 4.69) is 15.3 Å². The molecule has 0 saturated heterocycles. The van der Waals surface area contributed by atoms with Gasteiger partial charge in [-0.05, 0) is 18.2 Å². The lowest BCUT2D eigenvalue weighted by atomic mass is 10.1. The van der Waals surface area contributed by atoms with Gasteiger partial charge < -0.3 is 15.3 Å². The Labute approximate surface area is 133 Å². The number of rotatable bonds is 5. The molecular formula is C15H17ClN4O2. The molecule has 22 heavy (non-hydrogen) atoms. The van der Waals surface area contributed by atoms with Crippen LogP contribution in [0.4, 0.5) is 10.7 Å². The summed E-state index contributed by atoms with van der Waals surface area (Å²) in [7, 11) is 3.72. The molecule has 1 heterocycles. The first kappa shape index (κ1) is 16.0. The first-order valence-electron chi connectivity index (χ1n) is 6.73. The van der Waals surface area contributed by atoms with Gasteiger partial charge >= 0.3 is 6.09 Å². The van der Waals surface area contributed by atoms with Crippen molar-refractivity contribution < 1.29 is 9.90 Å². The van der Waals surface area contributed by atoms with Crippen LogP contribution in [0.15, 0.2) is 30.3 Å². The van der Waals surface area contributed by atoms with Gasteiger partial charge in [0.15, 0.2) is 0 Å². The fourth-order valence-corrected chi connectivity index (χ4v) is 2.00. The number of benzene rings is 1. The van der Waals surface area contributed by atoms with Crippen LogP contribution < -0.4 is 10.2 Å². The number of carbonyl (C=O) groups is 1. The largest absolute Gasteiger partial charge is 0.465 e. The Hall–Kier alpha value is -2.34. The minimum Gasteiger partial charge on any atom is -0.465 e. The molecule has 2 aromatic rings. The third-order valence-electron chi connectivity index (χ3n) is 2.96. The van der Waals surface area contributed by atoms with Gasteiger partial charge in [0.2, 0.25) is 5.95 Å². The Morgan fingerprint density at radius 3 is 2.55 bits per heavy atom. The van der Waals surface area contributed by atoms with Gasteiger partial charge in [0.1, 0.15) is 0 Å². The lowest BCUT2D eigenvalue weighted by Crippen LogP contribution is -2.24. The summed E-state index contributed by atoms with van der Waals surface area (Å²) in [5.41, 5.74) is 2.49. The number of hydrogen-bond donors (Lipinski definition) is 2. The maximum absolute atomic E-state index is 10.5. The van der Waals surface area contributed by atoms with Crippen LogP contribution in [0.5, 0.6) is 0 Å². The second-order valence-electron chi connectivity index (χ2n) is 4.93. The second kappa shape index (κ2) is 7.09. The van der Waals surface area contributed by atoms with Gasteiger partial charge in [-0.15, -0.1) is 0 Å². The summed E-state index contributed by atoms with van der Waals surface area (Å²) in [6, 6.07) is 9.26. The molecule has 2 rings (SSSR count). The van der Waals surface area contributed by atoms with E-state index in [-0.39, 0.29) is 0 Å². The van der Waals surface area contributed by atoms with Gasteiger partial charge in [-0.25, -0.2) is 14.8 Å². The molecule has 0 atom stereocenters. The molecule has 0 saturated carbocycles. The summed E-state index contributed by atoms with van der Waals surface area (Å²) < 4.78 is 0. The fourth-order valence-electron chi connectivity index (χ4n) is 1.88. The van der Waals surface area contributed by atoms with E-state index in [0.717, 1.165) is 17.0 Å². The van der Waals surface area contributed by atoms with Crippen molar-refractivity contribution in [2.45, 2.75) is 6.42 Å². The van der Waals surface area contributed by atoms with Crippen molar-refractivity contribution in [1.29, 1.82) is 0 Å². The molecule has 0 aliphatic rings. The van der Waals surface area contributed by atoms with Gasteiger partial charge in [-0.1, -0.05) is 23.7 Å². The topological polar surface area (TPSA) is 78.4 Å². The number of nitrogens with zero attached hydrogens (tertiary/aromatic N) is 3. The van der Waals surface area contributed by atoms with Crippen molar-refractivity contribution in [2.75, 3.05) is 25.5 Å². The highest BCUT2D eigenvalue weighted by Crippen LogP contribution is 2.22. The van der Waals surface area contributed by atoms with Crippen molar-refractivity contribution >= 4 is 23.6 Å². The average Bonchev–Trinajstić information content (AvgIpc) is 2.47. The molecule has 6 nitrogen and oxygen atoms in total. The van der Waals surface area contributed by atoms with E-state index in [1.165, 1.54) is 0 Å². The first-order valence-corrected chi connectivity index (χ1v) is 7.11. The Bertz CT molecular complexity index is 659. The van der Waals surface area contributed by atoms with Crippen LogP contribution in [0.25, 0.3) is 11.3 Å². The number of amides is 1. The number of carboxylic acid groups (broad SMARTS) is 1. The standard InChI is InChI=1S/C15H17ClN4O2/c1-20(2)14-18-12(7-8-17-15(21)22)9-13(19-14)10-3-5-11(16)6-4-10/h3-6,9,17H,7-8H2,1-2H3,(H,21,22). The minimum absolute atomic E-state index is 0.305. The van der Waals surface area contributed by atoms with Crippen LogP contribution in [0, 0.1) is 0 Å². The van der Waals surface area contributed by atoms with Gasteiger partial charge in [-0.2, -0.15) is 0 Å². The van der Waals surface area contributed by atoms with Crippen molar-refractivity contribution in [2.24, 2.45) is 0 Å². The highest BCUT2D eigenvalue weighted by atomic mass is 35.5. The highest BCUT2D eigenvalue weighted by Gasteiger charge is 2.09. The molecule has 0 unspecified atom stereocenters. The summed E-state index contributed by atoms with van der Waals surface area (Å²) in [5.74, 6) is 0.581. The number of halogens is 1. The smallest absolute Gasteiger partial charge is 0.404 e. The van der Waals surface area contributed by atoms with Crippen LogP contribution in [0.1, 0.15) is 5.69 Å². The van der Waals surface area contributed by atoms with Gasteiger partial charge in [0.05, 0.1) is 5.69 Å². The number of hydrogen-bond acceptors (Lipinski definition) is 4. The Balaban J connectivity index is 2.30. The molecular weight excluding hydrogens is 304 g/mol. The van der Waals surface area contributed by atoms with E-state index in [1.807, 2.05) is 37.2 Å². The van der Waals surface area contributed by atoms with Crippen molar-refractivity contribution in [1.82, 2.24) is 15.3 Å².